The minimum Gasteiger partial charge on any atom is -0.452 e. The summed E-state index contributed by atoms with van der Waals surface area (Å²) in [6.07, 6.45) is -0.0494. The Labute approximate surface area is 134 Å². The minimum atomic E-state index is -4.24. The SMILES string of the molecule is CCC(=O)O[Si](OC(=O)CC)(OC(=O)CC)c1cccc(F)c1. The van der Waals surface area contributed by atoms with Crippen molar-refractivity contribution in [2.75, 3.05) is 0 Å². The molecular weight excluding hydrogens is 323 g/mol. The third kappa shape index (κ3) is 5.17. The molecule has 8 heteroatoms. The van der Waals surface area contributed by atoms with E-state index < -0.39 is 32.5 Å². The van der Waals surface area contributed by atoms with Gasteiger partial charge in [0.15, 0.2) is 0 Å². The van der Waals surface area contributed by atoms with Gasteiger partial charge in [0, 0.05) is 19.3 Å². The minimum absolute atomic E-state index is 0.0165. The van der Waals surface area contributed by atoms with Crippen molar-refractivity contribution in [1.29, 1.82) is 0 Å². The second-order valence-electron chi connectivity index (χ2n) is 4.55. The van der Waals surface area contributed by atoms with Crippen LogP contribution in [-0.4, -0.2) is 26.7 Å². The zero-order valence-electron chi connectivity index (χ0n) is 13.3. The number of benzene rings is 1. The van der Waals surface area contributed by atoms with E-state index in [1.54, 1.807) is 0 Å². The summed E-state index contributed by atoms with van der Waals surface area (Å²) in [4.78, 5) is 35.3. The van der Waals surface area contributed by atoms with Crippen LogP contribution < -0.4 is 5.19 Å². The molecule has 0 aromatic heterocycles. The van der Waals surface area contributed by atoms with Gasteiger partial charge in [0.05, 0.1) is 5.19 Å². The molecule has 1 rings (SSSR count). The van der Waals surface area contributed by atoms with Gasteiger partial charge in [-0.05, 0) is 12.1 Å². The molecule has 0 atom stereocenters. The molecule has 0 aliphatic heterocycles. The molecular formula is C15H19FO6Si. The molecule has 0 aliphatic rings. The van der Waals surface area contributed by atoms with Crippen LogP contribution in [-0.2, 0) is 27.7 Å². The Balaban J connectivity index is 3.39. The highest BCUT2D eigenvalue weighted by molar-refractivity contribution is 6.79. The smallest absolute Gasteiger partial charge is 0.452 e. The summed E-state index contributed by atoms with van der Waals surface area (Å²) < 4.78 is 29.2. The summed E-state index contributed by atoms with van der Waals surface area (Å²) in [5.41, 5.74) is 0. The van der Waals surface area contributed by atoms with Crippen LogP contribution in [0.3, 0.4) is 0 Å². The normalized spacial score (nSPS) is 10.8. The summed E-state index contributed by atoms with van der Waals surface area (Å²) in [6.45, 7) is 4.61. The number of halogens is 1. The molecule has 6 nitrogen and oxygen atoms in total. The Morgan fingerprint density at radius 2 is 1.35 bits per heavy atom. The lowest BCUT2D eigenvalue weighted by Crippen LogP contribution is -2.59. The number of carbonyl (C=O) groups excluding carboxylic acids is 3. The first-order valence-corrected chi connectivity index (χ1v) is 9.00. The molecule has 0 fully saturated rings. The van der Waals surface area contributed by atoms with Crippen LogP contribution in [0, 0.1) is 5.82 Å². The Kier molecular flexibility index (Phi) is 6.89. The maximum Gasteiger partial charge on any atom is 0.743 e. The Morgan fingerprint density at radius 1 is 0.913 bits per heavy atom. The maximum atomic E-state index is 13.6. The molecule has 0 amide bonds. The highest BCUT2D eigenvalue weighted by atomic mass is 28.4. The Hall–Kier alpha value is -2.22. The molecule has 0 bridgehead atoms. The molecule has 0 aliphatic carbocycles. The fraction of sp³-hybridized carbons (Fsp3) is 0.400. The first kappa shape index (κ1) is 18.8. The largest absolute Gasteiger partial charge is 0.743 e. The molecule has 0 saturated heterocycles. The van der Waals surface area contributed by atoms with Crippen molar-refractivity contribution in [3.63, 3.8) is 0 Å². The molecule has 0 spiro atoms. The van der Waals surface area contributed by atoms with E-state index in [0.29, 0.717) is 0 Å². The molecule has 1 aromatic rings. The number of hydrogen-bond donors (Lipinski definition) is 0. The van der Waals surface area contributed by atoms with Crippen LogP contribution in [0.2, 0.25) is 0 Å². The quantitative estimate of drug-likeness (QED) is 0.704. The van der Waals surface area contributed by atoms with Gasteiger partial charge in [-0.2, -0.15) is 0 Å². The lowest BCUT2D eigenvalue weighted by Gasteiger charge is -2.27. The summed E-state index contributed by atoms with van der Waals surface area (Å²) in [7, 11) is -4.24. The van der Waals surface area contributed by atoms with Crippen LogP contribution in [0.15, 0.2) is 24.3 Å². The topological polar surface area (TPSA) is 78.9 Å². The molecule has 0 heterocycles. The second-order valence-corrected chi connectivity index (χ2v) is 6.85. The summed E-state index contributed by atoms with van der Waals surface area (Å²) >= 11 is 0. The van der Waals surface area contributed by atoms with Gasteiger partial charge in [0.25, 0.3) is 17.9 Å². The first-order chi connectivity index (χ1) is 10.9. The predicted molar refractivity (Wildman–Crippen MR) is 80.9 cm³/mol. The summed E-state index contributed by atoms with van der Waals surface area (Å²) in [5, 5.41) is 0.0305. The first-order valence-electron chi connectivity index (χ1n) is 7.28. The van der Waals surface area contributed by atoms with Crippen LogP contribution >= 0.6 is 0 Å². The van der Waals surface area contributed by atoms with E-state index in [0.717, 1.165) is 6.07 Å². The van der Waals surface area contributed by atoms with Crippen molar-refractivity contribution in [2.24, 2.45) is 0 Å². The lowest BCUT2D eigenvalue weighted by atomic mass is 10.3. The van der Waals surface area contributed by atoms with E-state index in [9.17, 15) is 18.8 Å². The van der Waals surface area contributed by atoms with Gasteiger partial charge in [-0.15, -0.1) is 0 Å². The second kappa shape index (κ2) is 8.42. The van der Waals surface area contributed by atoms with Gasteiger partial charge in [0.2, 0.25) is 0 Å². The zero-order chi connectivity index (χ0) is 17.5. The van der Waals surface area contributed by atoms with Gasteiger partial charge in [-0.1, -0.05) is 32.9 Å². The van der Waals surface area contributed by atoms with Crippen LogP contribution in [0.5, 0.6) is 0 Å². The molecule has 126 valence electrons. The monoisotopic (exact) mass is 342 g/mol. The van der Waals surface area contributed by atoms with E-state index in [1.165, 1.54) is 39.0 Å². The van der Waals surface area contributed by atoms with Crippen molar-refractivity contribution in [3.8, 4) is 0 Å². The van der Waals surface area contributed by atoms with Gasteiger partial charge in [-0.25, -0.2) is 4.39 Å². The highest BCUT2D eigenvalue weighted by Gasteiger charge is 2.55. The van der Waals surface area contributed by atoms with Crippen molar-refractivity contribution in [2.45, 2.75) is 40.0 Å². The van der Waals surface area contributed by atoms with E-state index in [4.69, 9.17) is 13.3 Å². The third-order valence-electron chi connectivity index (χ3n) is 2.79. The van der Waals surface area contributed by atoms with Crippen LogP contribution in [0.4, 0.5) is 4.39 Å². The van der Waals surface area contributed by atoms with Gasteiger partial charge >= 0.3 is 8.80 Å². The highest BCUT2D eigenvalue weighted by Crippen LogP contribution is 2.15. The van der Waals surface area contributed by atoms with E-state index in [1.807, 2.05) is 0 Å². The number of carbonyl (C=O) groups is 3. The van der Waals surface area contributed by atoms with Gasteiger partial charge in [0.1, 0.15) is 5.82 Å². The van der Waals surface area contributed by atoms with Crippen LogP contribution in [0.1, 0.15) is 40.0 Å². The molecule has 1 aromatic carbocycles. The third-order valence-corrected chi connectivity index (χ3v) is 5.30. The molecule has 0 N–H and O–H groups in total. The molecule has 0 radical (unpaired) electrons. The molecule has 23 heavy (non-hydrogen) atoms. The van der Waals surface area contributed by atoms with Crippen molar-refractivity contribution < 1.29 is 32.1 Å². The summed E-state index contributed by atoms with van der Waals surface area (Å²) in [6, 6.07) is 4.95. The van der Waals surface area contributed by atoms with E-state index in [-0.39, 0.29) is 24.4 Å². The Bertz CT molecular complexity index is 544. The molecule has 0 saturated carbocycles. The van der Waals surface area contributed by atoms with Gasteiger partial charge in [-0.3, -0.25) is 14.4 Å². The van der Waals surface area contributed by atoms with Crippen molar-refractivity contribution in [1.82, 2.24) is 0 Å². The maximum absolute atomic E-state index is 13.6. The average molecular weight is 342 g/mol. The fourth-order valence-corrected chi connectivity index (χ4v) is 4.01. The van der Waals surface area contributed by atoms with Gasteiger partial charge < -0.3 is 13.3 Å². The van der Waals surface area contributed by atoms with Crippen LogP contribution in [0.25, 0.3) is 0 Å². The fourth-order valence-electron chi connectivity index (χ4n) is 1.58. The average Bonchev–Trinajstić information content (AvgIpc) is 2.54. The predicted octanol–water partition coefficient (Wildman–Crippen LogP) is 1.83. The number of rotatable bonds is 7. The Morgan fingerprint density at radius 3 is 1.70 bits per heavy atom. The zero-order valence-corrected chi connectivity index (χ0v) is 14.3. The van der Waals surface area contributed by atoms with E-state index >= 15 is 0 Å². The lowest BCUT2D eigenvalue weighted by molar-refractivity contribution is -0.149. The van der Waals surface area contributed by atoms with E-state index in [2.05, 4.69) is 0 Å². The number of hydrogen-bond acceptors (Lipinski definition) is 6. The molecule has 0 unspecified atom stereocenters. The van der Waals surface area contributed by atoms with Crippen molar-refractivity contribution >= 4 is 31.9 Å². The van der Waals surface area contributed by atoms with Crippen molar-refractivity contribution in [3.05, 3.63) is 30.1 Å². The summed E-state index contributed by atoms with van der Waals surface area (Å²) in [5.74, 6) is -2.77. The standard InChI is InChI=1S/C15H19FO6Si/c1-4-13(17)20-23(21-14(18)5-2,22-15(19)6-3)12-9-7-8-11(16)10-12/h7-10H,4-6H2,1-3H3.